The molecule has 1 saturated heterocycles. The summed E-state index contributed by atoms with van der Waals surface area (Å²) in [4.78, 5) is 0. The molecule has 2 atom stereocenters. The molecule has 0 aromatic heterocycles. The lowest BCUT2D eigenvalue weighted by molar-refractivity contribution is -0.0161. The predicted octanol–water partition coefficient (Wildman–Crippen LogP) is 1.96. The van der Waals surface area contributed by atoms with Gasteiger partial charge in [-0.15, -0.1) is 0 Å². The van der Waals surface area contributed by atoms with Gasteiger partial charge in [-0.25, -0.2) is 0 Å². The first-order valence-electron chi connectivity index (χ1n) is 6.27. The lowest BCUT2D eigenvalue weighted by Crippen LogP contribution is -2.24. The molecule has 2 unspecified atom stereocenters. The van der Waals surface area contributed by atoms with Crippen LogP contribution in [-0.2, 0) is 9.47 Å². The minimum absolute atomic E-state index is 0.346. The molecule has 0 radical (unpaired) electrons. The van der Waals surface area contributed by atoms with Crippen LogP contribution in [0.15, 0.2) is 0 Å². The van der Waals surface area contributed by atoms with E-state index in [1.54, 1.807) is 0 Å². The average Bonchev–Trinajstić information content (AvgIpc) is 2.74. The summed E-state index contributed by atoms with van der Waals surface area (Å²) in [5.41, 5.74) is 0. The van der Waals surface area contributed by atoms with Crippen molar-refractivity contribution in [3.05, 3.63) is 0 Å². The molecule has 1 rings (SSSR count). The van der Waals surface area contributed by atoms with E-state index < -0.39 is 0 Å². The fraction of sp³-hybridized carbons (Fsp3) is 1.00. The van der Waals surface area contributed by atoms with Crippen LogP contribution < -0.4 is 5.32 Å². The molecule has 1 aliphatic heterocycles. The van der Waals surface area contributed by atoms with Crippen LogP contribution in [0.3, 0.4) is 0 Å². The molecule has 0 aromatic carbocycles. The van der Waals surface area contributed by atoms with Crippen molar-refractivity contribution in [2.24, 2.45) is 0 Å². The maximum atomic E-state index is 5.74. The maximum Gasteiger partial charge on any atom is 0.0809 e. The van der Waals surface area contributed by atoms with Gasteiger partial charge in [-0.05, 0) is 45.7 Å². The van der Waals surface area contributed by atoms with Crippen molar-refractivity contribution < 1.29 is 9.47 Å². The Hall–Kier alpha value is -0.120. The van der Waals surface area contributed by atoms with E-state index in [2.05, 4.69) is 19.2 Å². The SMILES string of the molecule is CCCNCCC(C)OCC1CCCO1. The summed E-state index contributed by atoms with van der Waals surface area (Å²) >= 11 is 0. The maximum absolute atomic E-state index is 5.74. The van der Waals surface area contributed by atoms with Crippen LogP contribution in [0.2, 0.25) is 0 Å². The molecular formula is C12H25NO2. The van der Waals surface area contributed by atoms with Crippen molar-refractivity contribution in [1.82, 2.24) is 5.32 Å². The van der Waals surface area contributed by atoms with Gasteiger partial charge in [0.1, 0.15) is 0 Å². The number of rotatable bonds is 8. The Morgan fingerprint density at radius 3 is 3.00 bits per heavy atom. The fourth-order valence-corrected chi connectivity index (χ4v) is 1.74. The number of hydrogen-bond donors (Lipinski definition) is 1. The van der Waals surface area contributed by atoms with Gasteiger partial charge in [0.2, 0.25) is 0 Å². The van der Waals surface area contributed by atoms with Crippen LogP contribution in [0.1, 0.15) is 39.5 Å². The van der Waals surface area contributed by atoms with E-state index >= 15 is 0 Å². The highest BCUT2D eigenvalue weighted by atomic mass is 16.5. The molecule has 1 aliphatic rings. The second kappa shape index (κ2) is 8.08. The van der Waals surface area contributed by atoms with Crippen LogP contribution >= 0.6 is 0 Å². The smallest absolute Gasteiger partial charge is 0.0809 e. The molecular weight excluding hydrogens is 190 g/mol. The first-order valence-corrected chi connectivity index (χ1v) is 6.27. The van der Waals surface area contributed by atoms with Crippen molar-refractivity contribution in [2.45, 2.75) is 51.7 Å². The summed E-state index contributed by atoms with van der Waals surface area (Å²) < 4.78 is 11.2. The molecule has 0 saturated carbocycles. The number of ether oxygens (including phenoxy) is 2. The van der Waals surface area contributed by atoms with E-state index in [4.69, 9.17) is 9.47 Å². The summed E-state index contributed by atoms with van der Waals surface area (Å²) in [7, 11) is 0. The zero-order valence-corrected chi connectivity index (χ0v) is 10.1. The number of hydrogen-bond acceptors (Lipinski definition) is 3. The molecule has 0 bridgehead atoms. The third-order valence-corrected chi connectivity index (χ3v) is 2.75. The molecule has 0 aromatic rings. The molecule has 0 spiro atoms. The van der Waals surface area contributed by atoms with Crippen molar-refractivity contribution in [3.8, 4) is 0 Å². The van der Waals surface area contributed by atoms with Gasteiger partial charge in [-0.3, -0.25) is 0 Å². The third kappa shape index (κ3) is 6.13. The highest BCUT2D eigenvalue weighted by molar-refractivity contribution is 4.64. The molecule has 3 nitrogen and oxygen atoms in total. The van der Waals surface area contributed by atoms with E-state index in [-0.39, 0.29) is 0 Å². The first-order chi connectivity index (χ1) is 7.33. The molecule has 3 heteroatoms. The van der Waals surface area contributed by atoms with Gasteiger partial charge in [-0.1, -0.05) is 6.92 Å². The molecule has 0 amide bonds. The van der Waals surface area contributed by atoms with E-state index in [0.29, 0.717) is 12.2 Å². The van der Waals surface area contributed by atoms with Gasteiger partial charge in [-0.2, -0.15) is 0 Å². The van der Waals surface area contributed by atoms with Gasteiger partial charge in [0.15, 0.2) is 0 Å². The molecule has 0 aliphatic carbocycles. The lowest BCUT2D eigenvalue weighted by atomic mass is 10.2. The van der Waals surface area contributed by atoms with E-state index in [1.165, 1.54) is 19.3 Å². The standard InChI is InChI=1S/C12H25NO2/c1-3-7-13-8-6-11(2)15-10-12-5-4-9-14-12/h11-13H,3-10H2,1-2H3. The highest BCUT2D eigenvalue weighted by Gasteiger charge is 2.16. The van der Waals surface area contributed by atoms with Crippen LogP contribution in [0.25, 0.3) is 0 Å². The zero-order chi connectivity index (χ0) is 10.9. The van der Waals surface area contributed by atoms with E-state index in [9.17, 15) is 0 Å². The molecule has 15 heavy (non-hydrogen) atoms. The topological polar surface area (TPSA) is 30.5 Å². The second-order valence-corrected chi connectivity index (χ2v) is 4.32. The largest absolute Gasteiger partial charge is 0.376 e. The molecule has 1 fully saturated rings. The Morgan fingerprint density at radius 2 is 2.33 bits per heavy atom. The summed E-state index contributed by atoms with van der Waals surface area (Å²) in [5, 5.41) is 3.38. The van der Waals surface area contributed by atoms with Crippen molar-refractivity contribution in [1.29, 1.82) is 0 Å². The normalized spacial score (nSPS) is 23.2. The molecule has 90 valence electrons. The van der Waals surface area contributed by atoms with Crippen molar-refractivity contribution in [2.75, 3.05) is 26.3 Å². The third-order valence-electron chi connectivity index (χ3n) is 2.75. The van der Waals surface area contributed by atoms with Crippen LogP contribution in [0.4, 0.5) is 0 Å². The quantitative estimate of drug-likeness (QED) is 0.628. The van der Waals surface area contributed by atoms with Gasteiger partial charge in [0, 0.05) is 6.61 Å². The van der Waals surface area contributed by atoms with Crippen LogP contribution in [0, 0.1) is 0 Å². The highest BCUT2D eigenvalue weighted by Crippen LogP contribution is 2.13. The minimum atomic E-state index is 0.346. The van der Waals surface area contributed by atoms with Gasteiger partial charge < -0.3 is 14.8 Å². The summed E-state index contributed by atoms with van der Waals surface area (Å²) in [6.45, 7) is 8.18. The van der Waals surface area contributed by atoms with Crippen molar-refractivity contribution >= 4 is 0 Å². The summed E-state index contributed by atoms with van der Waals surface area (Å²) in [5.74, 6) is 0. The summed E-state index contributed by atoms with van der Waals surface area (Å²) in [6.07, 6.45) is 5.36. The number of nitrogens with one attached hydrogen (secondary N) is 1. The monoisotopic (exact) mass is 215 g/mol. The Balaban J connectivity index is 1.90. The average molecular weight is 215 g/mol. The first kappa shape index (κ1) is 12.9. The van der Waals surface area contributed by atoms with Gasteiger partial charge in [0.25, 0.3) is 0 Å². The van der Waals surface area contributed by atoms with E-state index in [0.717, 1.165) is 32.7 Å². The predicted molar refractivity (Wildman–Crippen MR) is 62.2 cm³/mol. The Bertz CT molecular complexity index is 147. The Labute approximate surface area is 93.5 Å². The van der Waals surface area contributed by atoms with Crippen molar-refractivity contribution in [3.63, 3.8) is 0 Å². The Kier molecular flexibility index (Phi) is 6.98. The lowest BCUT2D eigenvalue weighted by Gasteiger charge is -2.16. The van der Waals surface area contributed by atoms with Crippen LogP contribution in [0.5, 0.6) is 0 Å². The second-order valence-electron chi connectivity index (χ2n) is 4.32. The molecule has 1 heterocycles. The van der Waals surface area contributed by atoms with Crippen LogP contribution in [-0.4, -0.2) is 38.5 Å². The fourth-order valence-electron chi connectivity index (χ4n) is 1.74. The zero-order valence-electron chi connectivity index (χ0n) is 10.1. The minimum Gasteiger partial charge on any atom is -0.376 e. The van der Waals surface area contributed by atoms with Gasteiger partial charge >= 0.3 is 0 Å². The Morgan fingerprint density at radius 1 is 1.47 bits per heavy atom. The molecule has 1 N–H and O–H groups in total. The van der Waals surface area contributed by atoms with E-state index in [1.807, 2.05) is 0 Å². The summed E-state index contributed by atoms with van der Waals surface area (Å²) in [6, 6.07) is 0. The van der Waals surface area contributed by atoms with Gasteiger partial charge in [0.05, 0.1) is 18.8 Å².